The van der Waals surface area contributed by atoms with E-state index in [-0.39, 0.29) is 4.90 Å². The minimum Gasteiger partial charge on any atom is -0.322 e. The van der Waals surface area contributed by atoms with Gasteiger partial charge in [0.25, 0.3) is 5.91 Å². The first-order chi connectivity index (χ1) is 14.6. The summed E-state index contributed by atoms with van der Waals surface area (Å²) in [6.07, 6.45) is 2.72. The maximum absolute atomic E-state index is 12.9. The van der Waals surface area contributed by atoms with Crippen molar-refractivity contribution < 1.29 is 21.6 Å². The average Bonchev–Trinajstić information content (AvgIpc) is 2.74. The smallest absolute Gasteiger partial charge is 0.255 e. The molecule has 8 nitrogen and oxygen atoms in total. The van der Waals surface area contributed by atoms with Gasteiger partial charge in [0.2, 0.25) is 20.0 Å². The van der Waals surface area contributed by atoms with E-state index in [2.05, 4.69) is 10.0 Å². The summed E-state index contributed by atoms with van der Waals surface area (Å²) in [5, 5.41) is 2.12. The number of hydrogen-bond acceptors (Lipinski definition) is 5. The van der Waals surface area contributed by atoms with Gasteiger partial charge in [0, 0.05) is 30.0 Å². The number of sulfonamides is 2. The van der Waals surface area contributed by atoms with Gasteiger partial charge in [-0.25, -0.2) is 16.8 Å². The van der Waals surface area contributed by atoms with E-state index in [0.717, 1.165) is 19.3 Å². The van der Waals surface area contributed by atoms with Crippen molar-refractivity contribution in [3.63, 3.8) is 0 Å². The molecule has 1 saturated heterocycles. The summed E-state index contributed by atoms with van der Waals surface area (Å²) in [4.78, 5) is 12.7. The van der Waals surface area contributed by atoms with Crippen LogP contribution in [0.1, 0.15) is 43.5 Å². The Balaban J connectivity index is 1.71. The van der Waals surface area contributed by atoms with E-state index >= 15 is 0 Å². The highest BCUT2D eigenvalue weighted by Crippen LogP contribution is 2.23. The second-order valence-electron chi connectivity index (χ2n) is 7.72. The van der Waals surface area contributed by atoms with E-state index in [0.29, 0.717) is 30.0 Å². The van der Waals surface area contributed by atoms with Crippen LogP contribution >= 0.6 is 0 Å². The molecule has 0 spiro atoms. The van der Waals surface area contributed by atoms with Crippen LogP contribution < -0.4 is 10.0 Å². The number of amides is 1. The fourth-order valence-electron chi connectivity index (χ4n) is 3.16. The van der Waals surface area contributed by atoms with Crippen molar-refractivity contribution in [1.29, 1.82) is 0 Å². The Morgan fingerprint density at radius 3 is 2.16 bits per heavy atom. The first-order valence-electron chi connectivity index (χ1n) is 10.1. The zero-order valence-corrected chi connectivity index (χ0v) is 19.2. The highest BCUT2D eigenvalue weighted by atomic mass is 32.2. The van der Waals surface area contributed by atoms with Gasteiger partial charge in [0.15, 0.2) is 0 Å². The Bertz CT molecular complexity index is 1140. The summed E-state index contributed by atoms with van der Waals surface area (Å²) < 4.78 is 53.5. The van der Waals surface area contributed by atoms with Crippen LogP contribution in [0, 0.1) is 0 Å². The van der Waals surface area contributed by atoms with Crippen LogP contribution in [0.5, 0.6) is 0 Å². The monoisotopic (exact) mass is 465 g/mol. The molecule has 2 aromatic carbocycles. The first kappa shape index (κ1) is 23.2. The van der Waals surface area contributed by atoms with Gasteiger partial charge in [0.1, 0.15) is 0 Å². The minimum atomic E-state index is -3.60. The van der Waals surface area contributed by atoms with E-state index in [4.69, 9.17) is 0 Å². The quantitative estimate of drug-likeness (QED) is 0.652. The molecule has 2 aromatic rings. The highest BCUT2D eigenvalue weighted by Gasteiger charge is 2.26. The standard InChI is InChI=1S/C21H27N3O5S2/c1-16(2)30(26,27)23-18-11-9-17(10-12-18)21(25)22-19-7-6-8-20(15-19)31(28,29)24-13-4-3-5-14-24/h6-12,15-16,23H,3-5,13-14H2,1-2H3,(H,22,25). The fraction of sp³-hybridized carbons (Fsp3) is 0.381. The molecule has 1 amide bonds. The molecule has 0 radical (unpaired) electrons. The predicted octanol–water partition coefficient (Wildman–Crippen LogP) is 3.26. The number of benzene rings is 2. The number of anilines is 2. The van der Waals surface area contributed by atoms with Gasteiger partial charge in [-0.3, -0.25) is 9.52 Å². The zero-order chi connectivity index (χ0) is 22.6. The zero-order valence-electron chi connectivity index (χ0n) is 17.5. The van der Waals surface area contributed by atoms with Crippen LogP contribution in [0.2, 0.25) is 0 Å². The molecular formula is C21H27N3O5S2. The number of carbonyl (C=O) groups excluding carboxylic acids is 1. The van der Waals surface area contributed by atoms with E-state index in [1.807, 2.05) is 0 Å². The van der Waals surface area contributed by atoms with E-state index in [1.54, 1.807) is 26.0 Å². The Labute approximate surface area is 183 Å². The van der Waals surface area contributed by atoms with Crippen LogP contribution in [0.4, 0.5) is 11.4 Å². The summed E-state index contributed by atoms with van der Waals surface area (Å²) in [6.45, 7) is 4.16. The molecule has 2 N–H and O–H groups in total. The molecule has 0 atom stereocenters. The molecule has 3 rings (SSSR count). The third-order valence-corrected chi connectivity index (χ3v) is 8.73. The molecule has 1 aliphatic rings. The second kappa shape index (κ2) is 9.37. The van der Waals surface area contributed by atoms with Crippen LogP contribution in [-0.2, 0) is 20.0 Å². The fourth-order valence-corrected chi connectivity index (χ4v) is 5.43. The molecule has 0 aromatic heterocycles. The Kier molecular flexibility index (Phi) is 7.03. The number of rotatable bonds is 7. The van der Waals surface area contributed by atoms with E-state index in [9.17, 15) is 21.6 Å². The van der Waals surface area contributed by atoms with Crippen molar-refractivity contribution in [1.82, 2.24) is 4.31 Å². The molecule has 1 fully saturated rings. The summed E-state index contributed by atoms with van der Waals surface area (Å²) in [5.41, 5.74) is 1.05. The van der Waals surface area contributed by atoms with Gasteiger partial charge in [-0.15, -0.1) is 0 Å². The summed E-state index contributed by atoms with van der Waals surface area (Å²) in [5.74, 6) is -0.425. The summed E-state index contributed by atoms with van der Waals surface area (Å²) >= 11 is 0. The summed E-state index contributed by atoms with van der Waals surface area (Å²) in [6, 6.07) is 12.2. The normalized spacial score (nSPS) is 15.6. The molecule has 0 unspecified atom stereocenters. The van der Waals surface area contributed by atoms with Crippen molar-refractivity contribution in [2.45, 2.75) is 43.3 Å². The molecular weight excluding hydrogens is 438 g/mol. The van der Waals surface area contributed by atoms with Gasteiger partial charge in [-0.05, 0) is 69.2 Å². The van der Waals surface area contributed by atoms with Gasteiger partial charge < -0.3 is 5.32 Å². The van der Waals surface area contributed by atoms with Gasteiger partial charge in [0.05, 0.1) is 10.1 Å². The Hall–Kier alpha value is -2.43. The lowest BCUT2D eigenvalue weighted by Gasteiger charge is -2.26. The Morgan fingerprint density at radius 1 is 0.903 bits per heavy atom. The molecule has 0 saturated carbocycles. The molecule has 168 valence electrons. The van der Waals surface area contributed by atoms with E-state index in [1.165, 1.54) is 40.7 Å². The number of piperidine rings is 1. The first-order valence-corrected chi connectivity index (χ1v) is 13.1. The van der Waals surface area contributed by atoms with Crippen LogP contribution in [-0.4, -0.2) is 45.4 Å². The van der Waals surface area contributed by atoms with Crippen molar-refractivity contribution in [3.05, 3.63) is 54.1 Å². The predicted molar refractivity (Wildman–Crippen MR) is 121 cm³/mol. The lowest BCUT2D eigenvalue weighted by atomic mass is 10.2. The van der Waals surface area contributed by atoms with Gasteiger partial charge in [-0.1, -0.05) is 12.5 Å². The Morgan fingerprint density at radius 2 is 1.55 bits per heavy atom. The molecule has 10 heteroatoms. The van der Waals surface area contributed by atoms with Gasteiger partial charge in [-0.2, -0.15) is 4.31 Å². The van der Waals surface area contributed by atoms with Crippen LogP contribution in [0.3, 0.4) is 0 Å². The van der Waals surface area contributed by atoms with Crippen LogP contribution in [0.15, 0.2) is 53.4 Å². The van der Waals surface area contributed by atoms with Crippen molar-refractivity contribution in [3.8, 4) is 0 Å². The molecule has 31 heavy (non-hydrogen) atoms. The largest absolute Gasteiger partial charge is 0.322 e. The maximum atomic E-state index is 12.9. The molecule has 1 aliphatic heterocycles. The lowest BCUT2D eigenvalue weighted by molar-refractivity contribution is 0.102. The second-order valence-corrected chi connectivity index (χ2v) is 11.9. The molecule has 1 heterocycles. The topological polar surface area (TPSA) is 113 Å². The number of nitrogens with one attached hydrogen (secondary N) is 2. The highest BCUT2D eigenvalue weighted by molar-refractivity contribution is 7.93. The number of carbonyl (C=O) groups is 1. The molecule has 0 bridgehead atoms. The number of nitrogens with zero attached hydrogens (tertiary/aromatic N) is 1. The average molecular weight is 466 g/mol. The minimum absolute atomic E-state index is 0.144. The molecule has 0 aliphatic carbocycles. The SMILES string of the molecule is CC(C)S(=O)(=O)Nc1ccc(C(=O)Nc2cccc(S(=O)(=O)N3CCCCC3)c2)cc1. The maximum Gasteiger partial charge on any atom is 0.255 e. The van der Waals surface area contributed by atoms with Gasteiger partial charge >= 0.3 is 0 Å². The third-order valence-electron chi connectivity index (χ3n) is 5.07. The van der Waals surface area contributed by atoms with Crippen molar-refractivity contribution in [2.24, 2.45) is 0 Å². The number of hydrogen-bond donors (Lipinski definition) is 2. The van der Waals surface area contributed by atoms with Crippen molar-refractivity contribution >= 4 is 37.3 Å². The lowest BCUT2D eigenvalue weighted by Crippen LogP contribution is -2.35. The summed E-state index contributed by atoms with van der Waals surface area (Å²) in [7, 11) is -7.07. The van der Waals surface area contributed by atoms with Crippen LogP contribution in [0.25, 0.3) is 0 Å². The van der Waals surface area contributed by atoms with Crippen molar-refractivity contribution in [2.75, 3.05) is 23.1 Å². The third kappa shape index (κ3) is 5.63. The van der Waals surface area contributed by atoms with E-state index < -0.39 is 31.2 Å².